The van der Waals surface area contributed by atoms with Gasteiger partial charge in [0, 0.05) is 23.7 Å². The summed E-state index contributed by atoms with van der Waals surface area (Å²) in [6.07, 6.45) is 1.80. The summed E-state index contributed by atoms with van der Waals surface area (Å²) < 4.78 is 8.52. The monoisotopic (exact) mass is 414 g/mol. The number of imidazole rings is 1. The number of hydrogen-bond acceptors (Lipinski definition) is 2. The Hall–Kier alpha value is -1.62. The average molecular weight is 415 g/mol. The summed E-state index contributed by atoms with van der Waals surface area (Å²) in [6.45, 7) is 14.4. The molecule has 0 aliphatic heterocycles. The lowest BCUT2D eigenvalue weighted by atomic mass is 10.1. The molecule has 0 unspecified atom stereocenters. The van der Waals surface area contributed by atoms with Crippen molar-refractivity contribution in [2.75, 3.05) is 6.61 Å². The number of fused-ring (bicyclic) bond motifs is 1. The Bertz CT molecular complexity index is 955. The smallest absolute Gasteiger partial charge is 0.191 e. The lowest BCUT2D eigenvalue weighted by molar-refractivity contribution is 0.292. The zero-order valence-corrected chi connectivity index (χ0v) is 19.6. The van der Waals surface area contributed by atoms with Crippen LogP contribution in [0.3, 0.4) is 0 Å². The number of aromatic nitrogens is 2. The molecule has 5 heteroatoms. The van der Waals surface area contributed by atoms with Gasteiger partial charge in [-0.25, -0.2) is 4.98 Å². The van der Waals surface area contributed by atoms with Crippen LogP contribution in [-0.2, 0) is 17.3 Å². The lowest BCUT2D eigenvalue weighted by Crippen LogP contribution is -2.41. The maximum Gasteiger partial charge on any atom is 0.191 e. The summed E-state index contributed by atoms with van der Waals surface area (Å²) in [4.78, 5) is 4.76. The minimum atomic E-state index is -1.69. The van der Waals surface area contributed by atoms with Crippen LogP contribution in [0.4, 0.5) is 0 Å². The molecule has 3 aromatic rings. The van der Waals surface area contributed by atoms with Crippen molar-refractivity contribution < 1.29 is 4.43 Å². The number of rotatable bonds is 6. The predicted molar refractivity (Wildman–Crippen MR) is 122 cm³/mol. The van der Waals surface area contributed by atoms with Crippen molar-refractivity contribution in [1.29, 1.82) is 0 Å². The highest BCUT2D eigenvalue weighted by Crippen LogP contribution is 2.36. The van der Waals surface area contributed by atoms with Crippen molar-refractivity contribution in [3.63, 3.8) is 0 Å². The highest BCUT2D eigenvalue weighted by atomic mass is 35.5. The van der Waals surface area contributed by atoms with Gasteiger partial charge in [-0.3, -0.25) is 4.57 Å². The first-order chi connectivity index (χ1) is 13.1. The molecule has 0 saturated heterocycles. The van der Waals surface area contributed by atoms with Crippen LogP contribution in [0.25, 0.3) is 16.7 Å². The van der Waals surface area contributed by atoms with Gasteiger partial charge in [0.15, 0.2) is 8.32 Å². The van der Waals surface area contributed by atoms with Crippen LogP contribution in [0.5, 0.6) is 0 Å². The van der Waals surface area contributed by atoms with Gasteiger partial charge in [-0.15, -0.1) is 0 Å². The molecule has 28 heavy (non-hydrogen) atoms. The minimum Gasteiger partial charge on any atom is -0.416 e. The third-order valence-electron chi connectivity index (χ3n) is 5.86. The topological polar surface area (TPSA) is 27.1 Å². The molecule has 3 nitrogen and oxygen atoms in total. The Morgan fingerprint density at radius 1 is 1.07 bits per heavy atom. The Kier molecular flexibility index (Phi) is 6.04. The van der Waals surface area contributed by atoms with Crippen LogP contribution in [-0.4, -0.2) is 24.5 Å². The van der Waals surface area contributed by atoms with Gasteiger partial charge in [0.25, 0.3) is 0 Å². The number of benzene rings is 2. The molecule has 0 spiro atoms. The number of hydrogen-bond donors (Lipinski definition) is 0. The fourth-order valence-electron chi connectivity index (χ4n) is 3.08. The zero-order chi connectivity index (χ0) is 20.5. The summed E-state index contributed by atoms with van der Waals surface area (Å²) in [5, 5.41) is 0.979. The fraction of sp³-hybridized carbons (Fsp3) is 0.435. The van der Waals surface area contributed by atoms with E-state index in [1.54, 1.807) is 0 Å². The normalized spacial score (nSPS) is 12.7. The molecule has 0 saturated carbocycles. The highest BCUT2D eigenvalue weighted by Gasteiger charge is 2.36. The van der Waals surface area contributed by atoms with Gasteiger partial charge in [-0.1, -0.05) is 51.4 Å². The molecular formula is C23H31ClN2OSi. The standard InChI is InChI=1S/C23H31ClN2OSi/c1-7-22-25-20-13-10-18(24)16-21(20)26(22)19-11-8-17(9-12-19)14-15-27-28(5,6)23(2,3)4/h8-13,16H,7,14-15H2,1-6H3. The van der Waals surface area contributed by atoms with Crippen LogP contribution in [0.2, 0.25) is 23.2 Å². The lowest BCUT2D eigenvalue weighted by Gasteiger charge is -2.36. The molecule has 1 heterocycles. The maximum absolute atomic E-state index is 6.32. The quantitative estimate of drug-likeness (QED) is 0.414. The van der Waals surface area contributed by atoms with Crippen LogP contribution < -0.4 is 0 Å². The first-order valence-corrected chi connectivity index (χ1v) is 13.3. The second kappa shape index (κ2) is 8.01. The van der Waals surface area contributed by atoms with Crippen molar-refractivity contribution in [1.82, 2.24) is 9.55 Å². The summed E-state index contributed by atoms with van der Waals surface area (Å²) >= 11 is 6.23. The number of aryl methyl sites for hydroxylation is 1. The molecule has 0 atom stereocenters. The van der Waals surface area contributed by atoms with Gasteiger partial charge >= 0.3 is 0 Å². The van der Waals surface area contributed by atoms with Gasteiger partial charge < -0.3 is 4.43 Å². The largest absolute Gasteiger partial charge is 0.416 e. The molecule has 0 bridgehead atoms. The van der Waals surface area contributed by atoms with E-state index in [9.17, 15) is 0 Å². The van der Waals surface area contributed by atoms with Gasteiger partial charge in [0.05, 0.1) is 11.0 Å². The average Bonchev–Trinajstić information content (AvgIpc) is 2.99. The Labute approximate surface area is 174 Å². The van der Waals surface area contributed by atoms with Gasteiger partial charge in [-0.05, 0) is 60.4 Å². The van der Waals surface area contributed by atoms with Crippen molar-refractivity contribution in [3.05, 3.63) is 58.9 Å². The molecule has 3 rings (SSSR count). The first kappa shape index (κ1) is 21.1. The maximum atomic E-state index is 6.32. The molecule has 0 aliphatic rings. The van der Waals surface area contributed by atoms with Gasteiger partial charge in [0.1, 0.15) is 5.82 Å². The third kappa shape index (κ3) is 4.34. The zero-order valence-electron chi connectivity index (χ0n) is 17.8. The Morgan fingerprint density at radius 2 is 1.75 bits per heavy atom. The molecular weight excluding hydrogens is 384 g/mol. The van der Waals surface area contributed by atoms with Gasteiger partial charge in [-0.2, -0.15) is 0 Å². The van der Waals surface area contributed by atoms with Crippen LogP contribution >= 0.6 is 11.6 Å². The van der Waals surface area contributed by atoms with Gasteiger partial charge in [0.2, 0.25) is 0 Å². The second-order valence-corrected chi connectivity index (χ2v) is 14.1. The molecule has 0 N–H and O–H groups in total. The SMILES string of the molecule is CCc1nc2ccc(Cl)cc2n1-c1ccc(CCO[Si](C)(C)C(C)(C)C)cc1. The summed E-state index contributed by atoms with van der Waals surface area (Å²) in [5.74, 6) is 1.05. The number of nitrogens with zero attached hydrogens (tertiary/aromatic N) is 2. The van der Waals surface area contributed by atoms with Crippen LogP contribution in [0, 0.1) is 0 Å². The van der Waals surface area contributed by atoms with Crippen LogP contribution in [0.15, 0.2) is 42.5 Å². The molecule has 2 aromatic carbocycles. The minimum absolute atomic E-state index is 0.247. The highest BCUT2D eigenvalue weighted by molar-refractivity contribution is 6.74. The predicted octanol–water partition coefficient (Wildman–Crippen LogP) is 6.81. The summed E-state index contributed by atoms with van der Waals surface area (Å²) in [6, 6.07) is 14.6. The number of halogens is 1. The van der Waals surface area contributed by atoms with E-state index in [0.29, 0.717) is 0 Å². The summed E-state index contributed by atoms with van der Waals surface area (Å²) in [5.41, 5.74) is 4.45. The van der Waals surface area contributed by atoms with E-state index in [2.05, 4.69) is 69.6 Å². The van der Waals surface area contributed by atoms with Crippen molar-refractivity contribution in [2.45, 2.75) is 58.7 Å². The van der Waals surface area contributed by atoms with E-state index < -0.39 is 8.32 Å². The summed E-state index contributed by atoms with van der Waals surface area (Å²) in [7, 11) is -1.69. The fourth-order valence-corrected chi connectivity index (χ4v) is 4.29. The molecule has 0 fully saturated rings. The van der Waals surface area contributed by atoms with Crippen molar-refractivity contribution in [3.8, 4) is 5.69 Å². The third-order valence-corrected chi connectivity index (χ3v) is 10.6. The van der Waals surface area contributed by atoms with E-state index in [-0.39, 0.29) is 5.04 Å². The first-order valence-electron chi connectivity index (χ1n) is 10.0. The van der Waals surface area contributed by atoms with Crippen molar-refractivity contribution in [2.24, 2.45) is 0 Å². The van der Waals surface area contributed by atoms with Crippen LogP contribution in [0.1, 0.15) is 39.1 Å². The van der Waals surface area contributed by atoms with Crippen molar-refractivity contribution >= 4 is 31.0 Å². The molecule has 0 amide bonds. The Morgan fingerprint density at radius 3 is 2.36 bits per heavy atom. The molecule has 1 aromatic heterocycles. The van der Waals surface area contributed by atoms with E-state index in [1.165, 1.54) is 5.56 Å². The van der Waals surface area contributed by atoms with E-state index in [1.807, 2.05) is 18.2 Å². The molecule has 0 radical (unpaired) electrons. The van der Waals surface area contributed by atoms with E-state index >= 15 is 0 Å². The van der Waals surface area contributed by atoms with E-state index in [4.69, 9.17) is 21.0 Å². The molecule has 0 aliphatic carbocycles. The molecule has 150 valence electrons. The second-order valence-electron chi connectivity index (χ2n) is 8.88. The Balaban J connectivity index is 1.78. The van der Waals surface area contributed by atoms with E-state index in [0.717, 1.165) is 47.0 Å².